The monoisotopic (exact) mass is 286 g/mol. The molecule has 1 saturated heterocycles. The van der Waals surface area contributed by atoms with Gasteiger partial charge in [-0.05, 0) is 44.2 Å². The van der Waals surface area contributed by atoms with Gasteiger partial charge in [0, 0.05) is 19.1 Å². The Bertz CT molecular complexity index is 393. The van der Waals surface area contributed by atoms with Gasteiger partial charge in [0.1, 0.15) is 5.00 Å². The quantitative estimate of drug-likeness (QED) is 0.864. The molecule has 18 heavy (non-hydrogen) atoms. The van der Waals surface area contributed by atoms with Crippen LogP contribution >= 0.6 is 23.3 Å². The van der Waals surface area contributed by atoms with Crippen LogP contribution in [0.15, 0.2) is 4.90 Å². The van der Waals surface area contributed by atoms with Crippen LogP contribution in [0.3, 0.4) is 0 Å². The number of hydrogen-bond donors (Lipinski definition) is 1. The molecule has 0 bridgehead atoms. The van der Waals surface area contributed by atoms with Crippen molar-refractivity contribution in [2.24, 2.45) is 0 Å². The normalized spacial score (nSPS) is 22.2. The Morgan fingerprint density at radius 2 is 2.28 bits per heavy atom. The smallest absolute Gasteiger partial charge is 0.153 e. The average Bonchev–Trinajstić information content (AvgIpc) is 2.62. The van der Waals surface area contributed by atoms with Gasteiger partial charge in [0.05, 0.1) is 4.90 Å². The number of likely N-dealkylation sites (N-methyl/N-ethyl adjacent to an activating group) is 1. The molecule has 0 aromatic carbocycles. The van der Waals surface area contributed by atoms with Crippen molar-refractivity contribution < 1.29 is 0 Å². The van der Waals surface area contributed by atoms with Gasteiger partial charge < -0.3 is 15.5 Å². The summed E-state index contributed by atoms with van der Waals surface area (Å²) in [5.41, 5.74) is 5.95. The Morgan fingerprint density at radius 1 is 1.50 bits per heavy atom. The summed E-state index contributed by atoms with van der Waals surface area (Å²) >= 11 is 3.26. The molecule has 102 valence electrons. The fraction of sp³-hybridized carbons (Fsp3) is 0.750. The van der Waals surface area contributed by atoms with E-state index in [0.717, 1.165) is 24.4 Å². The van der Waals surface area contributed by atoms with E-state index in [0.29, 0.717) is 11.9 Å². The maximum absolute atomic E-state index is 5.95. The number of anilines is 2. The van der Waals surface area contributed by atoms with Crippen molar-refractivity contribution in [3.05, 3.63) is 0 Å². The topological polar surface area (TPSA) is 45.4 Å². The van der Waals surface area contributed by atoms with Crippen LogP contribution in [0.5, 0.6) is 0 Å². The summed E-state index contributed by atoms with van der Waals surface area (Å²) in [7, 11) is 2.21. The van der Waals surface area contributed by atoms with E-state index in [9.17, 15) is 0 Å². The molecule has 2 N–H and O–H groups in total. The molecule has 1 atom stereocenters. The lowest BCUT2D eigenvalue weighted by molar-refractivity contribution is 0.328. The van der Waals surface area contributed by atoms with Crippen molar-refractivity contribution in [2.45, 2.75) is 30.7 Å². The number of nitrogen functional groups attached to an aromatic ring is 1. The summed E-state index contributed by atoms with van der Waals surface area (Å²) in [6, 6.07) is 0.572. The van der Waals surface area contributed by atoms with Crippen LogP contribution in [0.1, 0.15) is 19.8 Å². The van der Waals surface area contributed by atoms with E-state index in [-0.39, 0.29) is 0 Å². The number of nitrogens with zero attached hydrogens (tertiary/aromatic N) is 3. The molecule has 0 radical (unpaired) electrons. The van der Waals surface area contributed by atoms with Gasteiger partial charge in [-0.2, -0.15) is 4.37 Å². The predicted octanol–water partition coefficient (Wildman–Crippen LogP) is 2.37. The zero-order valence-electron chi connectivity index (χ0n) is 11.3. The lowest BCUT2D eigenvalue weighted by Gasteiger charge is -2.31. The van der Waals surface area contributed by atoms with E-state index in [1.165, 1.54) is 18.0 Å². The summed E-state index contributed by atoms with van der Waals surface area (Å²) in [4.78, 5) is 6.10. The molecule has 0 spiro atoms. The van der Waals surface area contributed by atoms with Crippen LogP contribution in [-0.4, -0.2) is 48.3 Å². The number of hydrogen-bond acceptors (Lipinski definition) is 6. The molecule has 0 aliphatic carbocycles. The maximum Gasteiger partial charge on any atom is 0.153 e. The third-order valence-corrected chi connectivity index (χ3v) is 5.34. The van der Waals surface area contributed by atoms with Gasteiger partial charge in [-0.25, -0.2) is 0 Å². The molecule has 1 unspecified atom stereocenters. The fourth-order valence-electron chi connectivity index (χ4n) is 2.52. The Morgan fingerprint density at radius 3 is 2.94 bits per heavy atom. The van der Waals surface area contributed by atoms with E-state index in [1.807, 2.05) is 0 Å². The molecular weight excluding hydrogens is 264 g/mol. The Balaban J connectivity index is 2.28. The molecule has 4 nitrogen and oxygen atoms in total. The number of thioether (sulfide) groups is 1. The van der Waals surface area contributed by atoms with E-state index in [2.05, 4.69) is 34.4 Å². The van der Waals surface area contributed by atoms with Gasteiger partial charge in [0.2, 0.25) is 0 Å². The molecule has 1 aromatic heterocycles. The highest BCUT2D eigenvalue weighted by Gasteiger charge is 2.26. The van der Waals surface area contributed by atoms with Crippen molar-refractivity contribution in [2.75, 3.05) is 43.6 Å². The Hall–Kier alpha value is -0.460. The van der Waals surface area contributed by atoms with Gasteiger partial charge >= 0.3 is 0 Å². The summed E-state index contributed by atoms with van der Waals surface area (Å²) < 4.78 is 4.32. The highest BCUT2D eigenvalue weighted by molar-refractivity contribution is 7.99. The summed E-state index contributed by atoms with van der Waals surface area (Å²) in [6.45, 7) is 5.68. The van der Waals surface area contributed by atoms with Crippen LogP contribution in [0.4, 0.5) is 10.8 Å². The zero-order valence-corrected chi connectivity index (χ0v) is 13.0. The second-order valence-electron chi connectivity index (χ2n) is 4.78. The molecule has 1 aromatic rings. The number of rotatable bonds is 3. The second-order valence-corrected chi connectivity index (χ2v) is 6.35. The van der Waals surface area contributed by atoms with Gasteiger partial charge in [0.15, 0.2) is 5.82 Å². The van der Waals surface area contributed by atoms with E-state index in [4.69, 9.17) is 5.73 Å². The van der Waals surface area contributed by atoms with E-state index < -0.39 is 0 Å². The largest absolute Gasteiger partial charge is 0.382 e. The predicted molar refractivity (Wildman–Crippen MR) is 81.8 cm³/mol. The van der Waals surface area contributed by atoms with Gasteiger partial charge in [-0.15, -0.1) is 11.8 Å². The first kappa shape index (κ1) is 14.0. The SMILES string of the molecule is CCC1CN(C)CCCN1c1snc(N)c1SC. The van der Waals surface area contributed by atoms with E-state index in [1.54, 1.807) is 23.3 Å². The van der Waals surface area contributed by atoms with Crippen LogP contribution in [-0.2, 0) is 0 Å². The average molecular weight is 286 g/mol. The van der Waals surface area contributed by atoms with Gasteiger partial charge in [0.25, 0.3) is 0 Å². The minimum absolute atomic E-state index is 0.572. The maximum atomic E-state index is 5.95. The summed E-state index contributed by atoms with van der Waals surface area (Å²) in [5.74, 6) is 0.690. The molecule has 1 aliphatic rings. The first-order valence-corrected chi connectivity index (χ1v) is 8.41. The van der Waals surface area contributed by atoms with Gasteiger partial charge in [-0.1, -0.05) is 6.92 Å². The summed E-state index contributed by atoms with van der Waals surface area (Å²) in [5, 5.41) is 1.27. The lowest BCUT2D eigenvalue weighted by Crippen LogP contribution is -2.39. The third-order valence-electron chi connectivity index (χ3n) is 3.50. The molecule has 0 amide bonds. The van der Waals surface area contributed by atoms with Gasteiger partial charge in [-0.3, -0.25) is 0 Å². The van der Waals surface area contributed by atoms with Crippen molar-refractivity contribution in [3.63, 3.8) is 0 Å². The fourth-order valence-corrected chi connectivity index (χ4v) is 4.29. The molecular formula is C12H22N4S2. The minimum atomic E-state index is 0.572. The first-order chi connectivity index (χ1) is 8.67. The highest BCUT2D eigenvalue weighted by Crippen LogP contribution is 2.39. The molecule has 2 rings (SSSR count). The number of aromatic nitrogens is 1. The van der Waals surface area contributed by atoms with E-state index >= 15 is 0 Å². The highest BCUT2D eigenvalue weighted by atomic mass is 32.2. The van der Waals surface area contributed by atoms with Crippen LogP contribution in [0, 0.1) is 0 Å². The standard InChI is InChI=1S/C12H22N4S2/c1-4-9-8-15(2)6-5-7-16(9)12-10(17-3)11(13)14-18-12/h9H,4-8H2,1-3H3,(H2,13,14). The zero-order chi connectivity index (χ0) is 13.1. The van der Waals surface area contributed by atoms with Crippen LogP contribution < -0.4 is 10.6 Å². The molecule has 1 fully saturated rings. The van der Waals surface area contributed by atoms with Crippen molar-refractivity contribution >= 4 is 34.1 Å². The van der Waals surface area contributed by atoms with Crippen molar-refractivity contribution in [1.29, 1.82) is 0 Å². The summed E-state index contributed by atoms with van der Waals surface area (Å²) in [6.07, 6.45) is 4.45. The number of nitrogens with two attached hydrogens (primary N) is 1. The Kier molecular flexibility index (Phi) is 4.75. The molecule has 1 aliphatic heterocycles. The van der Waals surface area contributed by atoms with Crippen molar-refractivity contribution in [3.8, 4) is 0 Å². The molecule has 6 heteroatoms. The second kappa shape index (κ2) is 6.12. The van der Waals surface area contributed by atoms with Crippen LogP contribution in [0.2, 0.25) is 0 Å². The lowest BCUT2D eigenvalue weighted by atomic mass is 10.2. The molecule has 2 heterocycles. The van der Waals surface area contributed by atoms with Crippen LogP contribution in [0.25, 0.3) is 0 Å². The van der Waals surface area contributed by atoms with Crippen molar-refractivity contribution in [1.82, 2.24) is 9.27 Å². The molecule has 0 saturated carbocycles. The third kappa shape index (κ3) is 2.75. The first-order valence-electron chi connectivity index (χ1n) is 6.41. The Labute approximate surface area is 118 Å². The minimum Gasteiger partial charge on any atom is -0.382 e.